The van der Waals surface area contributed by atoms with Gasteiger partial charge in [0.25, 0.3) is 0 Å². The summed E-state index contributed by atoms with van der Waals surface area (Å²) in [6.07, 6.45) is 0.675. The van der Waals surface area contributed by atoms with Crippen molar-refractivity contribution in [2.45, 2.75) is 25.8 Å². The van der Waals surface area contributed by atoms with Crippen LogP contribution in [0, 0.1) is 5.92 Å². The zero-order valence-corrected chi connectivity index (χ0v) is 11.4. The predicted molar refractivity (Wildman–Crippen MR) is 74.2 cm³/mol. The fourth-order valence-corrected chi connectivity index (χ4v) is 1.76. The van der Waals surface area contributed by atoms with Gasteiger partial charge in [0.1, 0.15) is 11.8 Å². The van der Waals surface area contributed by atoms with Gasteiger partial charge in [-0.1, -0.05) is 19.1 Å². The Hall–Kier alpha value is -2.08. The summed E-state index contributed by atoms with van der Waals surface area (Å²) in [5.41, 5.74) is 6.10. The molecule has 1 rings (SSSR count). The molecule has 0 bridgehead atoms. The minimum atomic E-state index is -1.09. The van der Waals surface area contributed by atoms with Gasteiger partial charge in [-0.05, 0) is 30.7 Å². The molecule has 0 aliphatic rings. The van der Waals surface area contributed by atoms with Crippen molar-refractivity contribution in [3.8, 4) is 5.75 Å². The lowest BCUT2D eigenvalue weighted by Gasteiger charge is -2.17. The van der Waals surface area contributed by atoms with E-state index in [1.807, 2.05) is 0 Å². The second-order valence-corrected chi connectivity index (χ2v) is 4.75. The highest BCUT2D eigenvalue weighted by Crippen LogP contribution is 2.12. The van der Waals surface area contributed by atoms with E-state index in [2.05, 4.69) is 5.32 Å². The van der Waals surface area contributed by atoms with E-state index in [0.717, 1.165) is 5.56 Å². The molecule has 20 heavy (non-hydrogen) atoms. The van der Waals surface area contributed by atoms with Crippen LogP contribution in [-0.4, -0.2) is 34.7 Å². The number of hydrogen-bond acceptors (Lipinski definition) is 4. The molecule has 0 fully saturated rings. The fourth-order valence-electron chi connectivity index (χ4n) is 1.76. The zero-order valence-electron chi connectivity index (χ0n) is 11.4. The molecule has 0 aromatic heterocycles. The summed E-state index contributed by atoms with van der Waals surface area (Å²) in [5.74, 6) is -1.61. The lowest BCUT2D eigenvalue weighted by atomic mass is 10.0. The number of amides is 1. The maximum Gasteiger partial charge on any atom is 0.326 e. The van der Waals surface area contributed by atoms with Crippen molar-refractivity contribution in [3.05, 3.63) is 29.8 Å². The van der Waals surface area contributed by atoms with Crippen LogP contribution in [0.25, 0.3) is 0 Å². The molecule has 0 aliphatic heterocycles. The van der Waals surface area contributed by atoms with E-state index < -0.39 is 12.0 Å². The number of phenols is 1. The lowest BCUT2D eigenvalue weighted by molar-refractivity contribution is -0.142. The molecule has 0 saturated carbocycles. The van der Waals surface area contributed by atoms with E-state index >= 15 is 0 Å². The number of carboxylic acid groups (broad SMARTS) is 1. The number of hydrogen-bond donors (Lipinski definition) is 4. The number of carbonyl (C=O) groups is 2. The third-order valence-corrected chi connectivity index (χ3v) is 3.04. The van der Waals surface area contributed by atoms with Crippen molar-refractivity contribution in [1.29, 1.82) is 0 Å². The van der Waals surface area contributed by atoms with Crippen LogP contribution in [0.2, 0.25) is 0 Å². The standard InChI is InChI=1S/C14H20N2O4/c1-9(6-7-15)13(18)16-12(14(19)20)8-10-2-4-11(17)5-3-10/h2-5,9,12,17H,6-8,15H2,1H3,(H,16,18)(H,19,20). The monoisotopic (exact) mass is 280 g/mol. The second kappa shape index (κ2) is 7.49. The number of aromatic hydroxyl groups is 1. The first-order valence-corrected chi connectivity index (χ1v) is 6.45. The number of nitrogens with two attached hydrogens (primary N) is 1. The molecule has 0 heterocycles. The highest BCUT2D eigenvalue weighted by Gasteiger charge is 2.22. The van der Waals surface area contributed by atoms with Gasteiger partial charge in [-0.3, -0.25) is 4.79 Å². The van der Waals surface area contributed by atoms with Crippen molar-refractivity contribution in [2.75, 3.05) is 6.54 Å². The Balaban J connectivity index is 2.67. The number of nitrogens with one attached hydrogen (secondary N) is 1. The van der Waals surface area contributed by atoms with Crippen LogP contribution in [0.4, 0.5) is 0 Å². The molecule has 1 aromatic carbocycles. The minimum absolute atomic E-state index is 0.112. The van der Waals surface area contributed by atoms with Gasteiger partial charge in [-0.25, -0.2) is 4.79 Å². The first-order chi connectivity index (χ1) is 9.43. The van der Waals surface area contributed by atoms with Crippen molar-refractivity contribution in [2.24, 2.45) is 11.7 Å². The number of carbonyl (C=O) groups excluding carboxylic acids is 1. The first-order valence-electron chi connectivity index (χ1n) is 6.45. The lowest BCUT2D eigenvalue weighted by Crippen LogP contribution is -2.44. The smallest absolute Gasteiger partial charge is 0.326 e. The first kappa shape index (κ1) is 16.0. The molecule has 0 spiro atoms. The van der Waals surface area contributed by atoms with E-state index in [1.165, 1.54) is 12.1 Å². The molecular weight excluding hydrogens is 260 g/mol. The number of rotatable bonds is 7. The topological polar surface area (TPSA) is 113 Å². The number of benzene rings is 1. The molecule has 2 atom stereocenters. The Morgan fingerprint density at radius 3 is 2.40 bits per heavy atom. The molecule has 0 saturated heterocycles. The average molecular weight is 280 g/mol. The minimum Gasteiger partial charge on any atom is -0.508 e. The summed E-state index contributed by atoms with van der Waals surface area (Å²) in [6.45, 7) is 2.09. The second-order valence-electron chi connectivity index (χ2n) is 4.75. The zero-order chi connectivity index (χ0) is 15.1. The maximum absolute atomic E-state index is 11.8. The van der Waals surface area contributed by atoms with Crippen LogP contribution in [-0.2, 0) is 16.0 Å². The van der Waals surface area contributed by atoms with Crippen LogP contribution in [0.15, 0.2) is 24.3 Å². The molecule has 6 heteroatoms. The summed E-state index contributed by atoms with van der Waals surface area (Å²) < 4.78 is 0. The van der Waals surface area contributed by atoms with E-state index in [-0.39, 0.29) is 24.0 Å². The normalized spacial score (nSPS) is 13.5. The van der Waals surface area contributed by atoms with Crippen LogP contribution < -0.4 is 11.1 Å². The Kier molecular flexibility index (Phi) is 5.99. The average Bonchev–Trinajstić information content (AvgIpc) is 2.40. The number of aliphatic carboxylic acids is 1. The highest BCUT2D eigenvalue weighted by molar-refractivity contribution is 5.84. The van der Waals surface area contributed by atoms with E-state index in [0.29, 0.717) is 13.0 Å². The molecule has 0 radical (unpaired) electrons. The maximum atomic E-state index is 11.8. The Morgan fingerprint density at radius 1 is 1.30 bits per heavy atom. The van der Waals surface area contributed by atoms with Crippen LogP contribution in [0.1, 0.15) is 18.9 Å². The summed E-state index contributed by atoms with van der Waals surface area (Å²) >= 11 is 0. The summed E-state index contributed by atoms with van der Waals surface area (Å²) in [5, 5.41) is 20.8. The largest absolute Gasteiger partial charge is 0.508 e. The quantitative estimate of drug-likeness (QED) is 0.580. The Labute approximate surface area is 117 Å². The molecule has 1 aromatic rings. The van der Waals surface area contributed by atoms with E-state index in [4.69, 9.17) is 10.8 Å². The van der Waals surface area contributed by atoms with Crippen molar-refractivity contribution < 1.29 is 19.8 Å². The van der Waals surface area contributed by atoms with Gasteiger partial charge in [-0.15, -0.1) is 0 Å². The predicted octanol–water partition coefficient (Wildman–Crippen LogP) is 0.489. The Morgan fingerprint density at radius 2 is 1.90 bits per heavy atom. The van der Waals surface area contributed by atoms with Gasteiger partial charge < -0.3 is 21.3 Å². The molecular formula is C14H20N2O4. The van der Waals surface area contributed by atoms with Gasteiger partial charge >= 0.3 is 5.97 Å². The van der Waals surface area contributed by atoms with E-state index in [1.54, 1.807) is 19.1 Å². The third-order valence-electron chi connectivity index (χ3n) is 3.04. The van der Waals surface area contributed by atoms with Crippen molar-refractivity contribution >= 4 is 11.9 Å². The third kappa shape index (κ3) is 4.89. The van der Waals surface area contributed by atoms with Gasteiger partial charge in [0, 0.05) is 12.3 Å². The van der Waals surface area contributed by atoms with Crippen LogP contribution >= 0.6 is 0 Å². The fraction of sp³-hybridized carbons (Fsp3) is 0.429. The van der Waals surface area contributed by atoms with Crippen LogP contribution in [0.3, 0.4) is 0 Å². The molecule has 5 N–H and O–H groups in total. The van der Waals surface area contributed by atoms with Crippen LogP contribution in [0.5, 0.6) is 5.75 Å². The SMILES string of the molecule is CC(CCN)C(=O)NC(Cc1ccc(O)cc1)C(=O)O. The van der Waals surface area contributed by atoms with Gasteiger partial charge in [0.2, 0.25) is 5.91 Å². The molecule has 2 unspecified atom stereocenters. The molecule has 6 nitrogen and oxygen atoms in total. The van der Waals surface area contributed by atoms with E-state index in [9.17, 15) is 14.7 Å². The van der Waals surface area contributed by atoms with Gasteiger partial charge in [0.05, 0.1) is 0 Å². The van der Waals surface area contributed by atoms with Gasteiger partial charge in [-0.2, -0.15) is 0 Å². The van der Waals surface area contributed by atoms with Crippen molar-refractivity contribution in [1.82, 2.24) is 5.32 Å². The molecule has 0 aliphatic carbocycles. The summed E-state index contributed by atoms with van der Waals surface area (Å²) in [4.78, 5) is 23.0. The summed E-state index contributed by atoms with van der Waals surface area (Å²) in [6, 6.07) is 5.22. The van der Waals surface area contributed by atoms with Gasteiger partial charge in [0.15, 0.2) is 0 Å². The number of carboxylic acids is 1. The number of phenolic OH excluding ortho intramolecular Hbond substituents is 1. The highest BCUT2D eigenvalue weighted by atomic mass is 16.4. The Bertz CT molecular complexity index is 459. The summed E-state index contributed by atoms with van der Waals surface area (Å²) in [7, 11) is 0. The van der Waals surface area contributed by atoms with Crippen molar-refractivity contribution in [3.63, 3.8) is 0 Å². The molecule has 1 amide bonds. The molecule has 110 valence electrons.